The van der Waals surface area contributed by atoms with E-state index in [-0.39, 0.29) is 5.91 Å². The molecule has 0 saturated heterocycles. The number of carbonyl (C=O) groups excluding carboxylic acids is 1. The van der Waals surface area contributed by atoms with Crippen molar-refractivity contribution in [2.45, 2.75) is 44.9 Å². The number of rotatable bonds is 6. The first-order valence-electron chi connectivity index (χ1n) is 10.8. The zero-order valence-corrected chi connectivity index (χ0v) is 18.3. The normalized spacial score (nSPS) is 19.0. The highest BCUT2D eigenvalue weighted by molar-refractivity contribution is 7.13. The number of carbonyl (C=O) groups is 1. The highest BCUT2D eigenvalue weighted by Gasteiger charge is 2.27. The predicted octanol–water partition coefficient (Wildman–Crippen LogP) is 5.49. The number of nitrogens with zero attached hydrogens (tertiary/aromatic N) is 2. The summed E-state index contributed by atoms with van der Waals surface area (Å²) in [6, 6.07) is 10.1. The smallest absolute Gasteiger partial charge is 0.257 e. The first-order chi connectivity index (χ1) is 15.2. The van der Waals surface area contributed by atoms with Gasteiger partial charge in [-0.3, -0.25) is 4.79 Å². The summed E-state index contributed by atoms with van der Waals surface area (Å²) in [5.74, 6) is 2.20. The Morgan fingerprint density at radius 2 is 2.06 bits per heavy atom. The van der Waals surface area contributed by atoms with Crippen molar-refractivity contribution in [2.24, 2.45) is 5.92 Å². The third-order valence-electron chi connectivity index (χ3n) is 6.12. The van der Waals surface area contributed by atoms with Crippen molar-refractivity contribution in [1.29, 1.82) is 0 Å². The topological polar surface area (TPSA) is 81.2 Å². The SMILES string of the molecule is Cc1ccc2c(CC(=O)NCC3CCC(c4nnc(-c5cccs5)o4)CC3)coc2c1. The molecule has 3 aromatic heterocycles. The molecule has 1 aliphatic rings. The molecule has 0 atom stereocenters. The van der Waals surface area contributed by atoms with Gasteiger partial charge in [-0.1, -0.05) is 18.2 Å². The summed E-state index contributed by atoms with van der Waals surface area (Å²) in [7, 11) is 0. The summed E-state index contributed by atoms with van der Waals surface area (Å²) in [5, 5.41) is 14.6. The van der Waals surface area contributed by atoms with Crippen LogP contribution in [0, 0.1) is 12.8 Å². The zero-order chi connectivity index (χ0) is 21.2. The fourth-order valence-corrected chi connectivity index (χ4v) is 4.98. The van der Waals surface area contributed by atoms with Crippen molar-refractivity contribution in [2.75, 3.05) is 6.54 Å². The van der Waals surface area contributed by atoms with E-state index in [1.165, 1.54) is 0 Å². The van der Waals surface area contributed by atoms with Crippen LogP contribution in [-0.4, -0.2) is 22.6 Å². The number of benzene rings is 1. The molecule has 1 aromatic carbocycles. The van der Waals surface area contributed by atoms with Crippen LogP contribution in [0.25, 0.3) is 21.7 Å². The summed E-state index contributed by atoms with van der Waals surface area (Å²) < 4.78 is 11.5. The van der Waals surface area contributed by atoms with Crippen LogP contribution in [0.15, 0.2) is 50.8 Å². The highest BCUT2D eigenvalue weighted by atomic mass is 32.1. The molecular weight excluding hydrogens is 410 g/mol. The highest BCUT2D eigenvalue weighted by Crippen LogP contribution is 2.36. The number of aromatic nitrogens is 2. The van der Waals surface area contributed by atoms with Gasteiger partial charge in [-0.2, -0.15) is 0 Å². The summed E-state index contributed by atoms with van der Waals surface area (Å²) in [6.07, 6.45) is 6.17. The van der Waals surface area contributed by atoms with Crippen molar-refractivity contribution in [3.05, 3.63) is 59.0 Å². The van der Waals surface area contributed by atoms with E-state index in [1.54, 1.807) is 17.6 Å². The van der Waals surface area contributed by atoms with E-state index in [0.717, 1.165) is 58.5 Å². The fraction of sp³-hybridized carbons (Fsp3) is 0.375. The van der Waals surface area contributed by atoms with Gasteiger partial charge in [0.1, 0.15) is 5.58 Å². The molecule has 0 bridgehead atoms. The minimum atomic E-state index is 0.0443. The lowest BCUT2D eigenvalue weighted by Crippen LogP contribution is -2.32. The second-order valence-corrected chi connectivity index (χ2v) is 9.33. The number of fused-ring (bicyclic) bond motifs is 1. The molecule has 31 heavy (non-hydrogen) atoms. The van der Waals surface area contributed by atoms with Gasteiger partial charge in [-0.25, -0.2) is 0 Å². The Labute approximate surface area is 184 Å². The minimum absolute atomic E-state index is 0.0443. The molecule has 6 nitrogen and oxygen atoms in total. The molecule has 7 heteroatoms. The van der Waals surface area contributed by atoms with E-state index in [0.29, 0.717) is 30.7 Å². The molecule has 1 saturated carbocycles. The molecule has 1 amide bonds. The molecule has 1 fully saturated rings. The Balaban J connectivity index is 1.10. The van der Waals surface area contributed by atoms with Crippen LogP contribution < -0.4 is 5.32 Å². The minimum Gasteiger partial charge on any atom is -0.464 e. The van der Waals surface area contributed by atoms with Gasteiger partial charge in [-0.05, 0) is 61.6 Å². The number of aryl methyl sites for hydroxylation is 1. The second-order valence-electron chi connectivity index (χ2n) is 8.38. The molecule has 1 aliphatic carbocycles. The van der Waals surface area contributed by atoms with Crippen molar-refractivity contribution in [3.63, 3.8) is 0 Å². The van der Waals surface area contributed by atoms with Gasteiger partial charge in [0.05, 0.1) is 17.6 Å². The summed E-state index contributed by atoms with van der Waals surface area (Å²) in [6.45, 7) is 2.74. The van der Waals surface area contributed by atoms with E-state index < -0.39 is 0 Å². The number of hydrogen-bond acceptors (Lipinski definition) is 6. The largest absolute Gasteiger partial charge is 0.464 e. The molecule has 0 aliphatic heterocycles. The number of nitrogens with one attached hydrogen (secondary N) is 1. The van der Waals surface area contributed by atoms with E-state index in [4.69, 9.17) is 8.83 Å². The molecule has 4 aromatic rings. The van der Waals surface area contributed by atoms with E-state index in [1.807, 2.05) is 42.6 Å². The Hall–Kier alpha value is -2.93. The maximum atomic E-state index is 12.5. The van der Waals surface area contributed by atoms with Crippen LogP contribution in [0.4, 0.5) is 0 Å². The second kappa shape index (κ2) is 8.67. The average Bonchev–Trinajstić information content (AvgIpc) is 3.53. The zero-order valence-electron chi connectivity index (χ0n) is 17.5. The lowest BCUT2D eigenvalue weighted by molar-refractivity contribution is -0.120. The first kappa shape index (κ1) is 20.0. The van der Waals surface area contributed by atoms with Gasteiger partial charge in [0.2, 0.25) is 11.8 Å². The van der Waals surface area contributed by atoms with Crippen molar-refractivity contribution >= 4 is 28.2 Å². The van der Waals surface area contributed by atoms with Crippen LogP contribution in [-0.2, 0) is 11.2 Å². The van der Waals surface area contributed by atoms with Crippen LogP contribution in [0.5, 0.6) is 0 Å². The van der Waals surface area contributed by atoms with Crippen LogP contribution in [0.3, 0.4) is 0 Å². The van der Waals surface area contributed by atoms with Crippen molar-refractivity contribution in [1.82, 2.24) is 15.5 Å². The van der Waals surface area contributed by atoms with Gasteiger partial charge >= 0.3 is 0 Å². The first-order valence-corrected chi connectivity index (χ1v) is 11.6. The summed E-state index contributed by atoms with van der Waals surface area (Å²) in [4.78, 5) is 13.5. The van der Waals surface area contributed by atoms with Gasteiger partial charge in [0, 0.05) is 23.4 Å². The van der Waals surface area contributed by atoms with Gasteiger partial charge in [-0.15, -0.1) is 21.5 Å². The van der Waals surface area contributed by atoms with Crippen LogP contribution in [0.1, 0.15) is 48.6 Å². The van der Waals surface area contributed by atoms with Gasteiger partial charge in [0.25, 0.3) is 5.89 Å². The monoisotopic (exact) mass is 435 g/mol. The Bertz CT molecular complexity index is 1170. The average molecular weight is 436 g/mol. The number of furan rings is 1. The Kier molecular flexibility index (Phi) is 5.59. The molecule has 160 valence electrons. The Morgan fingerprint density at radius 3 is 2.87 bits per heavy atom. The quantitative estimate of drug-likeness (QED) is 0.433. The molecular formula is C24H25N3O3S. The van der Waals surface area contributed by atoms with Gasteiger partial charge in [0.15, 0.2) is 0 Å². The lowest BCUT2D eigenvalue weighted by Gasteiger charge is -2.26. The van der Waals surface area contributed by atoms with E-state index in [9.17, 15) is 4.79 Å². The maximum absolute atomic E-state index is 12.5. The molecule has 0 spiro atoms. The molecule has 1 N–H and O–H groups in total. The fourth-order valence-electron chi connectivity index (χ4n) is 4.33. The molecule has 0 radical (unpaired) electrons. The van der Waals surface area contributed by atoms with E-state index in [2.05, 4.69) is 15.5 Å². The molecule has 3 heterocycles. The standard InChI is InChI=1S/C24H25N3O3S/c1-15-4-9-19-18(14-29-20(19)11-15)12-22(28)25-13-16-5-7-17(8-6-16)23-26-27-24(30-23)21-3-2-10-31-21/h2-4,9-11,14,16-17H,5-8,12-13H2,1H3,(H,25,28). The maximum Gasteiger partial charge on any atom is 0.257 e. The molecule has 0 unspecified atom stereocenters. The van der Waals surface area contributed by atoms with Crippen molar-refractivity contribution < 1.29 is 13.6 Å². The summed E-state index contributed by atoms with van der Waals surface area (Å²) in [5.41, 5.74) is 2.93. The van der Waals surface area contributed by atoms with E-state index >= 15 is 0 Å². The number of thiophene rings is 1. The summed E-state index contributed by atoms with van der Waals surface area (Å²) >= 11 is 1.61. The van der Waals surface area contributed by atoms with Gasteiger partial charge < -0.3 is 14.2 Å². The predicted molar refractivity (Wildman–Crippen MR) is 120 cm³/mol. The number of amides is 1. The van der Waals surface area contributed by atoms with Crippen LogP contribution >= 0.6 is 11.3 Å². The lowest BCUT2D eigenvalue weighted by atomic mass is 9.82. The number of hydrogen-bond donors (Lipinski definition) is 1. The third-order valence-corrected chi connectivity index (χ3v) is 6.98. The molecule has 5 rings (SSSR count). The third kappa shape index (κ3) is 4.42. The van der Waals surface area contributed by atoms with Crippen LogP contribution in [0.2, 0.25) is 0 Å². The Morgan fingerprint density at radius 1 is 1.19 bits per heavy atom. The van der Waals surface area contributed by atoms with Crippen molar-refractivity contribution in [3.8, 4) is 10.8 Å².